The largest absolute Gasteiger partial charge is 0.493 e. The smallest absolute Gasteiger partial charge is 0.246 e. The number of ether oxygens (including phenoxy) is 1. The summed E-state index contributed by atoms with van der Waals surface area (Å²) >= 11 is 0. The molecule has 0 saturated carbocycles. The lowest BCUT2D eigenvalue weighted by Crippen LogP contribution is -2.41. The molecule has 1 atom stereocenters. The second kappa shape index (κ2) is 6.94. The van der Waals surface area contributed by atoms with Gasteiger partial charge in [0.15, 0.2) is 0 Å². The summed E-state index contributed by atoms with van der Waals surface area (Å²) in [5.74, 6) is 1.01. The number of hydrogen-bond acceptors (Lipinski definition) is 4. The molecule has 2 heterocycles. The van der Waals surface area contributed by atoms with Crippen molar-refractivity contribution in [1.82, 2.24) is 14.5 Å². The first-order valence-electron chi connectivity index (χ1n) is 8.18. The first-order valence-corrected chi connectivity index (χ1v) is 9.62. The van der Waals surface area contributed by atoms with Crippen LogP contribution in [0.15, 0.2) is 35.2 Å². The fourth-order valence-electron chi connectivity index (χ4n) is 3.16. The van der Waals surface area contributed by atoms with E-state index in [1.165, 1.54) is 0 Å². The van der Waals surface area contributed by atoms with Gasteiger partial charge in [-0.15, -0.1) is 0 Å². The first-order chi connectivity index (χ1) is 11.5. The van der Waals surface area contributed by atoms with Crippen molar-refractivity contribution in [1.29, 1.82) is 0 Å². The normalized spacial score (nSPS) is 19.3. The third-order valence-electron chi connectivity index (χ3n) is 4.37. The summed E-state index contributed by atoms with van der Waals surface area (Å²) in [5, 5.41) is 6.78. The van der Waals surface area contributed by atoms with E-state index in [9.17, 15) is 8.42 Å². The lowest BCUT2D eigenvalue weighted by atomic mass is 10.0. The molecule has 1 aliphatic rings. The maximum atomic E-state index is 12.9. The molecule has 1 unspecified atom stereocenters. The Morgan fingerprint density at radius 2 is 2.04 bits per heavy atom. The van der Waals surface area contributed by atoms with E-state index in [1.807, 2.05) is 30.3 Å². The maximum absolute atomic E-state index is 12.9. The van der Waals surface area contributed by atoms with E-state index in [0.717, 1.165) is 18.6 Å². The van der Waals surface area contributed by atoms with Crippen LogP contribution in [0, 0.1) is 19.8 Å². The third kappa shape index (κ3) is 3.47. The number of aromatic amines is 1. The number of para-hydroxylation sites is 1. The lowest BCUT2D eigenvalue weighted by molar-refractivity contribution is 0.180. The van der Waals surface area contributed by atoms with Crippen molar-refractivity contribution in [2.75, 3.05) is 19.7 Å². The molecule has 24 heavy (non-hydrogen) atoms. The zero-order valence-corrected chi connectivity index (χ0v) is 14.8. The second-order valence-electron chi connectivity index (χ2n) is 6.26. The molecule has 3 rings (SSSR count). The molecule has 1 saturated heterocycles. The van der Waals surface area contributed by atoms with Gasteiger partial charge in [0.05, 0.1) is 18.0 Å². The van der Waals surface area contributed by atoms with Crippen LogP contribution in [0.3, 0.4) is 0 Å². The molecular formula is C17H23N3O3S. The first kappa shape index (κ1) is 17.0. The van der Waals surface area contributed by atoms with Crippen molar-refractivity contribution >= 4 is 10.0 Å². The summed E-state index contributed by atoms with van der Waals surface area (Å²) in [4.78, 5) is 0.312. The van der Waals surface area contributed by atoms with Crippen molar-refractivity contribution in [3.8, 4) is 5.75 Å². The number of sulfonamides is 1. The number of hydrogen-bond donors (Lipinski definition) is 1. The molecule has 7 heteroatoms. The van der Waals surface area contributed by atoms with Crippen LogP contribution in [0.5, 0.6) is 5.75 Å². The molecule has 0 bridgehead atoms. The van der Waals surface area contributed by atoms with Crippen LogP contribution >= 0.6 is 0 Å². The highest BCUT2D eigenvalue weighted by molar-refractivity contribution is 7.89. The SMILES string of the molecule is Cc1n[nH]c(C)c1S(=O)(=O)N1CCCC(COc2ccccc2)C1. The Morgan fingerprint density at radius 1 is 1.29 bits per heavy atom. The van der Waals surface area contributed by atoms with Crippen LogP contribution in [-0.4, -0.2) is 42.6 Å². The quantitative estimate of drug-likeness (QED) is 0.900. The molecule has 130 valence electrons. The number of aromatic nitrogens is 2. The summed E-state index contributed by atoms with van der Waals surface area (Å²) in [6, 6.07) is 9.62. The topological polar surface area (TPSA) is 75.3 Å². The second-order valence-corrected chi connectivity index (χ2v) is 8.13. The average Bonchev–Trinajstić information content (AvgIpc) is 2.93. The summed E-state index contributed by atoms with van der Waals surface area (Å²) in [6.07, 6.45) is 1.82. The van der Waals surface area contributed by atoms with Crippen molar-refractivity contribution < 1.29 is 13.2 Å². The van der Waals surface area contributed by atoms with Gasteiger partial charge in [-0.25, -0.2) is 8.42 Å². The van der Waals surface area contributed by atoms with Crippen LogP contribution < -0.4 is 4.74 Å². The van der Waals surface area contributed by atoms with E-state index < -0.39 is 10.0 Å². The summed E-state index contributed by atoms with van der Waals surface area (Å²) in [6.45, 7) is 5.02. The average molecular weight is 349 g/mol. The maximum Gasteiger partial charge on any atom is 0.246 e. The molecule has 1 aromatic carbocycles. The fraction of sp³-hybridized carbons (Fsp3) is 0.471. The Bertz CT molecular complexity index is 767. The minimum atomic E-state index is -3.51. The van der Waals surface area contributed by atoms with Crippen molar-refractivity contribution in [3.05, 3.63) is 41.7 Å². The fourth-order valence-corrected chi connectivity index (χ4v) is 5.05. The molecule has 0 amide bonds. The van der Waals surface area contributed by atoms with Gasteiger partial charge in [0.25, 0.3) is 0 Å². The van der Waals surface area contributed by atoms with Gasteiger partial charge in [-0.2, -0.15) is 9.40 Å². The van der Waals surface area contributed by atoms with Gasteiger partial charge in [-0.1, -0.05) is 18.2 Å². The molecule has 0 radical (unpaired) electrons. The monoisotopic (exact) mass is 349 g/mol. The van der Waals surface area contributed by atoms with E-state index >= 15 is 0 Å². The Balaban J connectivity index is 1.69. The highest BCUT2D eigenvalue weighted by atomic mass is 32.2. The molecule has 1 N–H and O–H groups in total. The van der Waals surface area contributed by atoms with Crippen LogP contribution in [0.4, 0.5) is 0 Å². The highest BCUT2D eigenvalue weighted by Crippen LogP contribution is 2.27. The van der Waals surface area contributed by atoms with Gasteiger partial charge in [0.1, 0.15) is 10.6 Å². The summed E-state index contributed by atoms with van der Waals surface area (Å²) in [7, 11) is -3.51. The molecule has 1 aliphatic heterocycles. The molecule has 0 spiro atoms. The molecular weight excluding hydrogens is 326 g/mol. The van der Waals surface area contributed by atoms with Gasteiger partial charge < -0.3 is 4.74 Å². The number of H-pyrrole nitrogens is 1. The number of nitrogens with one attached hydrogen (secondary N) is 1. The Labute approximate surface area is 142 Å². The summed E-state index contributed by atoms with van der Waals surface area (Å²) < 4.78 is 33.2. The number of nitrogens with zero attached hydrogens (tertiary/aromatic N) is 2. The molecule has 1 fully saturated rings. The standard InChI is InChI=1S/C17H23N3O3S/c1-13-17(14(2)19-18-13)24(21,22)20-10-6-7-15(11-20)12-23-16-8-4-3-5-9-16/h3-5,8-9,15H,6-7,10-12H2,1-2H3,(H,18,19). The van der Waals surface area contributed by atoms with Gasteiger partial charge in [-0.05, 0) is 38.8 Å². The predicted octanol–water partition coefficient (Wildman–Crippen LogP) is 2.51. The Kier molecular flexibility index (Phi) is 4.91. The zero-order valence-electron chi connectivity index (χ0n) is 14.0. The van der Waals surface area contributed by atoms with Crippen LogP contribution in [0.25, 0.3) is 0 Å². The van der Waals surface area contributed by atoms with E-state index in [1.54, 1.807) is 18.2 Å². The van der Waals surface area contributed by atoms with E-state index in [0.29, 0.717) is 36.0 Å². The minimum Gasteiger partial charge on any atom is -0.493 e. The molecule has 2 aromatic rings. The molecule has 6 nitrogen and oxygen atoms in total. The Morgan fingerprint density at radius 3 is 2.71 bits per heavy atom. The van der Waals surface area contributed by atoms with Crippen LogP contribution in [-0.2, 0) is 10.0 Å². The van der Waals surface area contributed by atoms with Gasteiger partial charge in [-0.3, -0.25) is 5.10 Å². The predicted molar refractivity (Wildman–Crippen MR) is 91.5 cm³/mol. The number of aryl methyl sites for hydroxylation is 2. The minimum absolute atomic E-state index is 0.196. The van der Waals surface area contributed by atoms with Gasteiger partial charge >= 0.3 is 0 Å². The van der Waals surface area contributed by atoms with E-state index in [4.69, 9.17) is 4.74 Å². The molecule has 0 aliphatic carbocycles. The number of piperidine rings is 1. The van der Waals surface area contributed by atoms with Gasteiger partial charge in [0.2, 0.25) is 10.0 Å². The van der Waals surface area contributed by atoms with E-state index in [2.05, 4.69) is 10.2 Å². The van der Waals surface area contributed by atoms with E-state index in [-0.39, 0.29) is 5.92 Å². The molecule has 1 aromatic heterocycles. The van der Waals surface area contributed by atoms with Crippen molar-refractivity contribution in [3.63, 3.8) is 0 Å². The van der Waals surface area contributed by atoms with Crippen LogP contribution in [0.1, 0.15) is 24.2 Å². The zero-order chi connectivity index (χ0) is 17.2. The van der Waals surface area contributed by atoms with Gasteiger partial charge in [0, 0.05) is 19.0 Å². The van der Waals surface area contributed by atoms with Crippen molar-refractivity contribution in [2.45, 2.75) is 31.6 Å². The Hall–Kier alpha value is -1.86. The summed E-state index contributed by atoms with van der Waals surface area (Å²) in [5.41, 5.74) is 1.12. The van der Waals surface area contributed by atoms with Crippen molar-refractivity contribution in [2.24, 2.45) is 5.92 Å². The lowest BCUT2D eigenvalue weighted by Gasteiger charge is -2.31. The van der Waals surface area contributed by atoms with Crippen LogP contribution in [0.2, 0.25) is 0 Å². The number of benzene rings is 1. The highest BCUT2D eigenvalue weighted by Gasteiger charge is 2.33. The third-order valence-corrected chi connectivity index (χ3v) is 6.50. The number of rotatable bonds is 5.